The Labute approximate surface area is 445 Å². The van der Waals surface area contributed by atoms with Gasteiger partial charge >= 0.3 is 42.7 Å². The van der Waals surface area contributed by atoms with Gasteiger partial charge in [-0.05, 0) is 116 Å². The minimum Gasteiger partial charge on any atom is -0.457 e. The molecule has 0 atom stereocenters. The highest BCUT2D eigenvalue weighted by Gasteiger charge is 2.53. The topological polar surface area (TPSA) is 88.9 Å². The number of para-hydroxylation sites is 2. The lowest BCUT2D eigenvalue weighted by molar-refractivity contribution is 0.250. The maximum Gasteiger partial charge on any atom is 0.466 e. The minimum absolute atomic E-state index is 0.328. The molecule has 17 heteroatoms. The minimum atomic E-state index is -0.749. The third kappa shape index (κ3) is 10.3. The second kappa shape index (κ2) is 19.4. The molecule has 75 heavy (non-hydrogen) atoms. The summed E-state index contributed by atoms with van der Waals surface area (Å²) in [5.41, 5.74) is 10.1. The van der Waals surface area contributed by atoms with Crippen molar-refractivity contribution in [2.45, 2.75) is 104 Å². The monoisotopic (exact) mass is 995 g/mol. The lowest BCUT2D eigenvalue weighted by Crippen LogP contribution is -2.61. The SMILES string of the molecule is CC(C)(C)B1OB(c2cc(B3OB(C(C)(C)C)OB(C(C)(C)C)O3)cc(N3CN(c4cccc(Oc5ccc6c7cc(-c8ccccc8)ccc7n(-c7ccccn7)c6c5)c4)c4ccccc43)c2)OB(C(C)(C)C)O1. The summed E-state index contributed by atoms with van der Waals surface area (Å²) in [6.45, 7) is 26.0. The van der Waals surface area contributed by atoms with Gasteiger partial charge in [0.25, 0.3) is 0 Å². The number of nitrogens with zero attached hydrogens (tertiary/aromatic N) is 4. The summed E-state index contributed by atoms with van der Waals surface area (Å²) in [4.78, 5) is 9.45. The number of hydrogen-bond donors (Lipinski definition) is 0. The summed E-state index contributed by atoms with van der Waals surface area (Å²) in [6.07, 6.45) is 1.84. The van der Waals surface area contributed by atoms with Gasteiger partial charge in [0.05, 0.1) is 22.4 Å². The number of benzene rings is 6. The summed E-state index contributed by atoms with van der Waals surface area (Å²) in [7, 11) is -3.62. The highest BCUT2D eigenvalue weighted by molar-refractivity contribution is 6.83. The fourth-order valence-corrected chi connectivity index (χ4v) is 10.0. The molecule has 6 aromatic carbocycles. The highest BCUT2D eigenvalue weighted by atomic mass is 16.7. The lowest BCUT2D eigenvalue weighted by Gasteiger charge is -2.42. The van der Waals surface area contributed by atoms with Gasteiger partial charge in [0.15, 0.2) is 0 Å². The van der Waals surface area contributed by atoms with Crippen molar-refractivity contribution in [2.24, 2.45) is 0 Å². The van der Waals surface area contributed by atoms with Crippen molar-refractivity contribution in [1.82, 2.24) is 9.55 Å². The number of hydrogen-bond acceptors (Lipinski definition) is 10. The zero-order valence-electron chi connectivity index (χ0n) is 45.3. The molecule has 5 heterocycles. The van der Waals surface area contributed by atoms with Crippen molar-refractivity contribution in [3.05, 3.63) is 158 Å². The predicted molar refractivity (Wildman–Crippen MR) is 312 cm³/mol. The molecule has 11 nitrogen and oxygen atoms in total. The molecule has 0 bridgehead atoms. The third-order valence-electron chi connectivity index (χ3n) is 14.0. The first kappa shape index (κ1) is 51.0. The summed E-state index contributed by atoms with van der Waals surface area (Å²) < 4.78 is 49.2. The Balaban J connectivity index is 0.955. The van der Waals surface area contributed by atoms with Crippen molar-refractivity contribution in [2.75, 3.05) is 16.5 Å². The second-order valence-electron chi connectivity index (χ2n) is 24.5. The van der Waals surface area contributed by atoms with E-state index in [-0.39, 0.29) is 21.3 Å². The number of pyridine rings is 1. The Kier molecular flexibility index (Phi) is 13.2. The normalized spacial score (nSPS) is 15.9. The van der Waals surface area contributed by atoms with Crippen molar-refractivity contribution in [3.63, 3.8) is 0 Å². The van der Waals surface area contributed by atoms with E-state index in [1.165, 1.54) is 5.56 Å². The van der Waals surface area contributed by atoms with Gasteiger partial charge in [0.1, 0.15) is 24.0 Å². The van der Waals surface area contributed by atoms with Crippen molar-refractivity contribution in [3.8, 4) is 28.4 Å². The number of ether oxygens (including phenoxy) is 1. The Morgan fingerprint density at radius 3 is 1.53 bits per heavy atom. The fraction of sp³-hybridized carbons (Fsp3) is 0.293. The fourth-order valence-electron chi connectivity index (χ4n) is 10.0. The Morgan fingerprint density at radius 2 is 0.973 bits per heavy atom. The first-order valence-electron chi connectivity index (χ1n) is 26.2. The van der Waals surface area contributed by atoms with Crippen molar-refractivity contribution in [1.29, 1.82) is 0 Å². The Morgan fingerprint density at radius 1 is 0.427 bits per heavy atom. The van der Waals surface area contributed by atoms with Crippen LogP contribution in [0.5, 0.6) is 11.5 Å². The van der Waals surface area contributed by atoms with E-state index >= 15 is 0 Å². The van der Waals surface area contributed by atoms with Crippen molar-refractivity contribution < 1.29 is 32.2 Å². The van der Waals surface area contributed by atoms with Gasteiger partial charge in [0, 0.05) is 40.5 Å². The van der Waals surface area contributed by atoms with E-state index in [1.54, 1.807) is 0 Å². The summed E-state index contributed by atoms with van der Waals surface area (Å²) >= 11 is 0. The third-order valence-corrected chi connectivity index (χ3v) is 14.0. The Hall–Kier alpha value is -6.18. The van der Waals surface area contributed by atoms with Gasteiger partial charge < -0.3 is 42.0 Å². The van der Waals surface area contributed by atoms with Crippen LogP contribution in [0.2, 0.25) is 21.3 Å². The lowest BCUT2D eigenvalue weighted by atomic mass is 9.49. The largest absolute Gasteiger partial charge is 0.466 e. The zero-order valence-corrected chi connectivity index (χ0v) is 45.3. The van der Waals surface area contributed by atoms with Crippen LogP contribution in [-0.4, -0.2) is 58.9 Å². The van der Waals surface area contributed by atoms with Crippen LogP contribution in [0, 0.1) is 0 Å². The van der Waals surface area contributed by atoms with Gasteiger partial charge in [-0.25, -0.2) is 4.98 Å². The molecule has 0 spiro atoms. The molecule has 2 saturated heterocycles. The summed E-state index contributed by atoms with van der Waals surface area (Å²) in [5, 5.41) is 0.949. The molecule has 0 radical (unpaired) electrons. The standard InChI is InChI=1S/C58H64B6N4O7/c1-55(2,3)61-70-59(71-62(74-61)56(4,5)6)42-34-43(60-72-63(57(7,8)9)75-64(73-60)58(10,11)12)36-45(35-42)67-39-66(51-25-16-17-26-52(51)67)44-23-20-24-46(37-44)69-47-29-30-48-49-33-41(40-21-14-13-15-22-40)28-31-50(49)68(53(48)38-47)54-27-18-19-32-65-54/h13-38H,39H2,1-12H3. The van der Waals surface area contributed by atoms with Crippen molar-refractivity contribution >= 4 is 98.2 Å². The first-order valence-corrected chi connectivity index (χ1v) is 26.2. The predicted octanol–water partition coefficient (Wildman–Crippen LogP) is 13.6. The molecule has 376 valence electrons. The van der Waals surface area contributed by atoms with Crippen LogP contribution in [-0.2, 0) is 27.4 Å². The molecule has 0 unspecified atom stereocenters. The summed E-state index contributed by atoms with van der Waals surface area (Å²) in [6, 6.07) is 52.8. The Bertz CT molecular complexity index is 3260. The highest BCUT2D eigenvalue weighted by Crippen LogP contribution is 2.46. The quantitative estimate of drug-likeness (QED) is 0.137. The van der Waals surface area contributed by atoms with Gasteiger partial charge in [0.2, 0.25) is 0 Å². The second-order valence-corrected chi connectivity index (χ2v) is 24.5. The molecule has 3 aliphatic rings. The van der Waals surface area contributed by atoms with Gasteiger partial charge in [-0.2, -0.15) is 0 Å². The van der Waals surface area contributed by atoms with Crippen LogP contribution >= 0.6 is 0 Å². The molecule has 3 aliphatic heterocycles. The van der Waals surface area contributed by atoms with E-state index in [2.05, 4.69) is 219 Å². The average molecular weight is 994 g/mol. The van der Waals surface area contributed by atoms with E-state index < -0.39 is 42.7 Å². The van der Waals surface area contributed by atoms with Gasteiger partial charge in [-0.15, -0.1) is 0 Å². The smallest absolute Gasteiger partial charge is 0.457 e. The number of fused-ring (bicyclic) bond motifs is 4. The van der Waals surface area contributed by atoms with Crippen LogP contribution in [0.25, 0.3) is 38.8 Å². The maximum absolute atomic E-state index is 6.81. The molecule has 0 N–H and O–H groups in total. The van der Waals surface area contributed by atoms with Crippen LogP contribution in [0.15, 0.2) is 158 Å². The van der Waals surface area contributed by atoms with Crippen LogP contribution in [0.1, 0.15) is 83.1 Å². The van der Waals surface area contributed by atoms with Crippen LogP contribution < -0.4 is 25.5 Å². The summed E-state index contributed by atoms with van der Waals surface area (Å²) in [5.74, 6) is 2.27. The molecule has 8 aromatic rings. The van der Waals surface area contributed by atoms with E-state index in [1.807, 2.05) is 36.5 Å². The number of aromatic nitrogens is 2. The number of rotatable bonds is 8. The molecular formula is C58H64B6N4O7. The average Bonchev–Trinajstić information content (AvgIpc) is 3.95. The maximum atomic E-state index is 6.81. The van der Waals surface area contributed by atoms with E-state index in [4.69, 9.17) is 37.2 Å². The molecular weight excluding hydrogens is 930 g/mol. The van der Waals surface area contributed by atoms with E-state index in [9.17, 15) is 0 Å². The zero-order chi connectivity index (χ0) is 52.6. The van der Waals surface area contributed by atoms with E-state index in [0.29, 0.717) is 12.4 Å². The van der Waals surface area contributed by atoms with Crippen LogP contribution in [0.3, 0.4) is 0 Å². The molecule has 2 fully saturated rings. The van der Waals surface area contributed by atoms with E-state index in [0.717, 1.165) is 72.6 Å². The molecule has 11 rings (SSSR count). The first-order chi connectivity index (χ1) is 35.7. The molecule has 2 aromatic heterocycles. The molecule has 0 amide bonds. The molecule has 0 aliphatic carbocycles. The molecule has 0 saturated carbocycles. The number of anilines is 4. The van der Waals surface area contributed by atoms with Crippen LogP contribution in [0.4, 0.5) is 22.7 Å². The van der Waals surface area contributed by atoms with Gasteiger partial charge in [-0.1, -0.05) is 150 Å². The van der Waals surface area contributed by atoms with Gasteiger partial charge in [-0.3, -0.25) is 4.57 Å².